The lowest BCUT2D eigenvalue weighted by Crippen LogP contribution is -2.14. The SMILES string of the molecule is CCc1cc(S(C)(=O)=O)cc2c(Nc3cccc(C#N)c3)c(C(N)=O)cnc12. The molecular weight excluding hydrogens is 376 g/mol. The molecule has 1 heterocycles. The number of aryl methyl sites for hydroxylation is 1. The van der Waals surface area contributed by atoms with E-state index in [1.165, 1.54) is 12.3 Å². The van der Waals surface area contributed by atoms with E-state index in [1.54, 1.807) is 30.3 Å². The lowest BCUT2D eigenvalue weighted by atomic mass is 10.0. The highest BCUT2D eigenvalue weighted by Gasteiger charge is 2.19. The van der Waals surface area contributed by atoms with Gasteiger partial charge in [0.2, 0.25) is 0 Å². The molecule has 0 spiro atoms. The summed E-state index contributed by atoms with van der Waals surface area (Å²) in [4.78, 5) is 16.5. The van der Waals surface area contributed by atoms with Crippen LogP contribution in [0.1, 0.15) is 28.4 Å². The standard InChI is InChI=1S/C20H18N4O3S/c1-3-13-8-15(28(2,26)27)9-16-18(13)23-11-17(20(22)25)19(16)24-14-6-4-5-12(7-14)10-21/h4-9,11H,3H2,1-2H3,(H2,22,25)(H,23,24). The zero-order chi connectivity index (χ0) is 20.5. The number of carbonyl (C=O) groups excluding carboxylic acids is 1. The summed E-state index contributed by atoms with van der Waals surface area (Å²) in [6.07, 6.45) is 3.06. The molecule has 28 heavy (non-hydrogen) atoms. The van der Waals surface area contributed by atoms with Gasteiger partial charge in [0.15, 0.2) is 9.84 Å². The fourth-order valence-corrected chi connectivity index (χ4v) is 3.65. The Morgan fingerprint density at radius 2 is 2.04 bits per heavy atom. The molecule has 0 aliphatic heterocycles. The van der Waals surface area contributed by atoms with Gasteiger partial charge in [-0.25, -0.2) is 8.42 Å². The number of rotatable bonds is 5. The number of nitrogens with one attached hydrogen (secondary N) is 1. The number of benzene rings is 2. The van der Waals surface area contributed by atoms with Gasteiger partial charge in [-0.3, -0.25) is 9.78 Å². The van der Waals surface area contributed by atoms with Crippen molar-refractivity contribution < 1.29 is 13.2 Å². The summed E-state index contributed by atoms with van der Waals surface area (Å²) in [6, 6.07) is 11.8. The fourth-order valence-electron chi connectivity index (χ4n) is 2.96. The number of primary amides is 1. The topological polar surface area (TPSA) is 126 Å². The molecule has 7 nitrogen and oxygen atoms in total. The summed E-state index contributed by atoms with van der Waals surface area (Å²) in [5, 5.41) is 12.7. The Kier molecular flexibility index (Phi) is 5.03. The number of aromatic nitrogens is 1. The van der Waals surface area contributed by atoms with Crippen LogP contribution in [0.2, 0.25) is 0 Å². The molecule has 0 unspecified atom stereocenters. The van der Waals surface area contributed by atoms with Gasteiger partial charge in [-0.15, -0.1) is 0 Å². The lowest BCUT2D eigenvalue weighted by Gasteiger charge is -2.16. The van der Waals surface area contributed by atoms with Crippen LogP contribution in [-0.2, 0) is 16.3 Å². The molecule has 142 valence electrons. The number of nitrogens with zero attached hydrogens (tertiary/aromatic N) is 2. The van der Waals surface area contributed by atoms with Gasteiger partial charge in [-0.05, 0) is 42.3 Å². The van der Waals surface area contributed by atoms with Crippen LogP contribution in [0.5, 0.6) is 0 Å². The van der Waals surface area contributed by atoms with Gasteiger partial charge in [0.05, 0.1) is 33.3 Å². The number of amides is 1. The van der Waals surface area contributed by atoms with Crippen LogP contribution in [-0.4, -0.2) is 25.6 Å². The first-order valence-electron chi connectivity index (χ1n) is 8.47. The number of anilines is 2. The normalized spacial score (nSPS) is 11.2. The highest BCUT2D eigenvalue weighted by molar-refractivity contribution is 7.90. The van der Waals surface area contributed by atoms with E-state index in [0.717, 1.165) is 11.8 Å². The summed E-state index contributed by atoms with van der Waals surface area (Å²) in [6.45, 7) is 1.90. The highest BCUT2D eigenvalue weighted by atomic mass is 32.2. The van der Waals surface area contributed by atoms with Crippen LogP contribution in [0.3, 0.4) is 0 Å². The molecule has 1 aromatic heterocycles. The molecule has 0 radical (unpaired) electrons. The zero-order valence-electron chi connectivity index (χ0n) is 15.4. The van der Waals surface area contributed by atoms with Crippen molar-refractivity contribution in [3.05, 3.63) is 59.3 Å². The predicted molar refractivity (Wildman–Crippen MR) is 107 cm³/mol. The number of nitriles is 1. The van der Waals surface area contributed by atoms with Crippen LogP contribution < -0.4 is 11.1 Å². The molecule has 0 atom stereocenters. The minimum atomic E-state index is -3.48. The van der Waals surface area contributed by atoms with Crippen molar-refractivity contribution in [1.29, 1.82) is 5.26 Å². The monoisotopic (exact) mass is 394 g/mol. The first kappa shape index (κ1) is 19.3. The largest absolute Gasteiger partial charge is 0.365 e. The molecule has 3 rings (SSSR count). The second-order valence-electron chi connectivity index (χ2n) is 6.33. The third-order valence-electron chi connectivity index (χ3n) is 4.36. The Hall–Kier alpha value is -3.44. The maximum atomic E-state index is 12.1. The Morgan fingerprint density at radius 3 is 2.64 bits per heavy atom. The number of sulfone groups is 1. The quantitative estimate of drug-likeness (QED) is 0.685. The molecule has 0 saturated carbocycles. The van der Waals surface area contributed by atoms with Crippen molar-refractivity contribution >= 4 is 38.0 Å². The van der Waals surface area contributed by atoms with Crippen LogP contribution in [0, 0.1) is 11.3 Å². The van der Waals surface area contributed by atoms with E-state index in [0.29, 0.717) is 34.3 Å². The minimum absolute atomic E-state index is 0.127. The van der Waals surface area contributed by atoms with E-state index < -0.39 is 15.7 Å². The molecule has 0 aliphatic rings. The van der Waals surface area contributed by atoms with Crippen LogP contribution in [0.4, 0.5) is 11.4 Å². The molecule has 8 heteroatoms. The molecule has 0 bridgehead atoms. The minimum Gasteiger partial charge on any atom is -0.365 e. The summed E-state index contributed by atoms with van der Waals surface area (Å²) in [5.41, 5.74) is 8.33. The number of nitrogens with two attached hydrogens (primary N) is 1. The van der Waals surface area contributed by atoms with Gasteiger partial charge >= 0.3 is 0 Å². The number of hydrogen-bond donors (Lipinski definition) is 2. The Morgan fingerprint density at radius 1 is 1.29 bits per heavy atom. The van der Waals surface area contributed by atoms with E-state index >= 15 is 0 Å². The molecule has 2 aromatic carbocycles. The van der Waals surface area contributed by atoms with Crippen molar-refractivity contribution in [3.63, 3.8) is 0 Å². The molecule has 0 aliphatic carbocycles. The second-order valence-corrected chi connectivity index (χ2v) is 8.35. The van der Waals surface area contributed by atoms with Crippen molar-refractivity contribution in [3.8, 4) is 6.07 Å². The van der Waals surface area contributed by atoms with Gasteiger partial charge in [-0.2, -0.15) is 5.26 Å². The molecular formula is C20H18N4O3S. The van der Waals surface area contributed by atoms with E-state index in [4.69, 9.17) is 11.0 Å². The van der Waals surface area contributed by atoms with Crippen molar-refractivity contribution in [2.24, 2.45) is 5.73 Å². The molecule has 3 aromatic rings. The van der Waals surface area contributed by atoms with Crippen LogP contribution >= 0.6 is 0 Å². The fraction of sp³-hybridized carbons (Fsp3) is 0.150. The second kappa shape index (κ2) is 7.29. The average Bonchev–Trinajstić information content (AvgIpc) is 2.66. The number of carbonyl (C=O) groups is 1. The number of hydrogen-bond acceptors (Lipinski definition) is 6. The third kappa shape index (κ3) is 3.66. The molecule has 1 amide bonds. The third-order valence-corrected chi connectivity index (χ3v) is 5.45. The Labute approximate surface area is 162 Å². The van der Waals surface area contributed by atoms with Crippen molar-refractivity contribution in [2.45, 2.75) is 18.2 Å². The van der Waals surface area contributed by atoms with E-state index in [1.807, 2.05) is 6.92 Å². The van der Waals surface area contributed by atoms with E-state index in [9.17, 15) is 13.2 Å². The maximum Gasteiger partial charge on any atom is 0.252 e. The summed E-state index contributed by atoms with van der Waals surface area (Å²) in [5.74, 6) is -0.698. The lowest BCUT2D eigenvalue weighted by molar-refractivity contribution is 0.100. The number of pyridine rings is 1. The summed E-state index contributed by atoms with van der Waals surface area (Å²) in [7, 11) is -3.48. The highest BCUT2D eigenvalue weighted by Crippen LogP contribution is 2.33. The van der Waals surface area contributed by atoms with E-state index in [2.05, 4.69) is 16.4 Å². The van der Waals surface area contributed by atoms with Gasteiger partial charge < -0.3 is 11.1 Å². The van der Waals surface area contributed by atoms with Gasteiger partial charge in [0, 0.05) is 23.5 Å². The van der Waals surface area contributed by atoms with Crippen molar-refractivity contribution in [2.75, 3.05) is 11.6 Å². The maximum absolute atomic E-state index is 12.1. The Balaban J connectivity index is 2.35. The first-order valence-corrected chi connectivity index (χ1v) is 10.4. The zero-order valence-corrected chi connectivity index (χ0v) is 16.2. The summed E-state index contributed by atoms with van der Waals surface area (Å²) >= 11 is 0. The molecule has 0 saturated heterocycles. The number of fused-ring (bicyclic) bond motifs is 1. The summed E-state index contributed by atoms with van der Waals surface area (Å²) < 4.78 is 24.3. The van der Waals surface area contributed by atoms with Crippen LogP contribution in [0.15, 0.2) is 47.5 Å². The van der Waals surface area contributed by atoms with Gasteiger partial charge in [-0.1, -0.05) is 13.0 Å². The predicted octanol–water partition coefficient (Wildman–Crippen LogP) is 2.91. The molecule has 0 fully saturated rings. The molecule has 3 N–H and O–H groups in total. The van der Waals surface area contributed by atoms with E-state index in [-0.39, 0.29) is 10.5 Å². The first-order chi connectivity index (χ1) is 13.2. The Bertz CT molecular complexity index is 1240. The van der Waals surface area contributed by atoms with Gasteiger partial charge in [0.25, 0.3) is 5.91 Å². The smallest absolute Gasteiger partial charge is 0.252 e. The van der Waals surface area contributed by atoms with Crippen molar-refractivity contribution in [1.82, 2.24) is 4.98 Å². The van der Waals surface area contributed by atoms with Crippen LogP contribution in [0.25, 0.3) is 10.9 Å². The average molecular weight is 394 g/mol. The van der Waals surface area contributed by atoms with Gasteiger partial charge in [0.1, 0.15) is 0 Å².